The number of esters is 2. The van der Waals surface area contributed by atoms with Gasteiger partial charge in [0, 0.05) is 0 Å². The van der Waals surface area contributed by atoms with Crippen molar-refractivity contribution in [1.82, 2.24) is 0 Å². The molecule has 5 nitrogen and oxygen atoms in total. The van der Waals surface area contributed by atoms with Gasteiger partial charge in [0.1, 0.15) is 11.5 Å². The van der Waals surface area contributed by atoms with Crippen molar-refractivity contribution in [3.8, 4) is 11.5 Å². The summed E-state index contributed by atoms with van der Waals surface area (Å²) in [5, 5.41) is 0. The van der Waals surface area contributed by atoms with Crippen molar-refractivity contribution in [2.24, 2.45) is 0 Å². The minimum atomic E-state index is -0.475. The van der Waals surface area contributed by atoms with Crippen molar-refractivity contribution in [2.45, 2.75) is 13.3 Å². The first-order valence-electron chi connectivity index (χ1n) is 7.38. The van der Waals surface area contributed by atoms with Gasteiger partial charge in [-0.1, -0.05) is 6.92 Å². The van der Waals surface area contributed by atoms with Crippen molar-refractivity contribution in [2.75, 3.05) is 13.7 Å². The molecule has 0 saturated carbocycles. The van der Waals surface area contributed by atoms with Crippen molar-refractivity contribution in [3.05, 3.63) is 57.2 Å². The molecule has 0 fully saturated rings. The van der Waals surface area contributed by atoms with E-state index in [-0.39, 0.29) is 5.97 Å². The van der Waals surface area contributed by atoms with Gasteiger partial charge in [0.25, 0.3) is 0 Å². The lowest BCUT2D eigenvalue weighted by Crippen LogP contribution is -2.09. The van der Waals surface area contributed by atoms with E-state index >= 15 is 0 Å². The number of hydrogen-bond acceptors (Lipinski definition) is 5. The Hall–Kier alpha value is -2.09. The second-order valence-corrected chi connectivity index (χ2v) is 6.06. The number of benzene rings is 2. The smallest absolute Gasteiger partial charge is 0.343 e. The van der Waals surface area contributed by atoms with Crippen LogP contribution in [0, 0.1) is 3.57 Å². The molecule has 0 aromatic heterocycles. The third kappa shape index (κ3) is 4.70. The molecule has 2 aromatic rings. The van der Waals surface area contributed by atoms with Crippen molar-refractivity contribution in [3.63, 3.8) is 0 Å². The van der Waals surface area contributed by atoms with E-state index in [1.165, 1.54) is 0 Å². The van der Waals surface area contributed by atoms with Gasteiger partial charge in [-0.2, -0.15) is 0 Å². The zero-order chi connectivity index (χ0) is 17.5. The van der Waals surface area contributed by atoms with Gasteiger partial charge in [-0.05, 0) is 71.5 Å². The van der Waals surface area contributed by atoms with Gasteiger partial charge < -0.3 is 14.2 Å². The Morgan fingerprint density at radius 1 is 1.00 bits per heavy atom. The molecule has 0 aliphatic heterocycles. The fourth-order valence-electron chi connectivity index (χ4n) is 1.90. The van der Waals surface area contributed by atoms with Crippen LogP contribution in [0.2, 0.25) is 0 Å². The number of halogens is 1. The highest BCUT2D eigenvalue weighted by Crippen LogP contribution is 2.22. The van der Waals surface area contributed by atoms with Gasteiger partial charge in [-0.3, -0.25) is 0 Å². The predicted octanol–water partition coefficient (Wildman–Crippen LogP) is 4.09. The summed E-state index contributed by atoms with van der Waals surface area (Å²) in [4.78, 5) is 23.9. The van der Waals surface area contributed by atoms with Crippen LogP contribution in [0.3, 0.4) is 0 Å². The van der Waals surface area contributed by atoms with Gasteiger partial charge in [0.2, 0.25) is 0 Å². The number of methoxy groups -OCH3 is 1. The molecule has 6 heteroatoms. The Morgan fingerprint density at radius 2 is 1.67 bits per heavy atom. The van der Waals surface area contributed by atoms with Crippen molar-refractivity contribution < 1.29 is 23.8 Å². The summed E-state index contributed by atoms with van der Waals surface area (Å²) in [6, 6.07) is 11.3. The molecule has 2 rings (SSSR count). The highest BCUT2D eigenvalue weighted by atomic mass is 127. The van der Waals surface area contributed by atoms with E-state index in [2.05, 4.69) is 22.6 Å². The minimum absolute atomic E-state index is 0.359. The van der Waals surface area contributed by atoms with E-state index in [4.69, 9.17) is 14.2 Å². The fraction of sp³-hybridized carbons (Fsp3) is 0.222. The topological polar surface area (TPSA) is 61.8 Å². The standard InChI is InChI=1S/C18H17IO5/c1-3-10-23-17(20)12-4-7-14(8-5-12)24-18(21)13-6-9-16(22-2)15(19)11-13/h4-9,11H,3,10H2,1-2H3. The average Bonchev–Trinajstić information content (AvgIpc) is 2.60. The van der Waals surface area contributed by atoms with Gasteiger partial charge in [0.05, 0.1) is 28.4 Å². The summed E-state index contributed by atoms with van der Waals surface area (Å²) in [6.45, 7) is 2.31. The Bertz CT molecular complexity index is 725. The molecule has 0 atom stereocenters. The lowest BCUT2D eigenvalue weighted by Gasteiger charge is -2.08. The quantitative estimate of drug-likeness (QED) is 0.385. The van der Waals surface area contributed by atoms with Crippen LogP contribution < -0.4 is 9.47 Å². The van der Waals surface area contributed by atoms with E-state index in [9.17, 15) is 9.59 Å². The molecular formula is C18H17IO5. The summed E-state index contributed by atoms with van der Waals surface area (Å²) in [7, 11) is 1.57. The Labute approximate surface area is 154 Å². The van der Waals surface area contributed by atoms with E-state index in [0.29, 0.717) is 29.2 Å². The van der Waals surface area contributed by atoms with E-state index < -0.39 is 5.97 Å². The molecule has 0 radical (unpaired) electrons. The molecule has 0 aliphatic carbocycles. The molecule has 0 amide bonds. The Balaban J connectivity index is 2.04. The largest absolute Gasteiger partial charge is 0.496 e. The molecule has 126 valence electrons. The molecule has 0 bridgehead atoms. The van der Waals surface area contributed by atoms with Crippen LogP contribution in [0.4, 0.5) is 0 Å². The molecule has 0 spiro atoms. The molecule has 0 unspecified atom stereocenters. The molecule has 0 saturated heterocycles. The van der Waals surface area contributed by atoms with Crippen LogP contribution in [0.25, 0.3) is 0 Å². The number of ether oxygens (including phenoxy) is 3. The van der Waals surface area contributed by atoms with Gasteiger partial charge in [-0.25, -0.2) is 9.59 Å². The molecule has 24 heavy (non-hydrogen) atoms. The summed E-state index contributed by atoms with van der Waals surface area (Å²) in [5.41, 5.74) is 0.842. The second-order valence-electron chi connectivity index (χ2n) is 4.90. The van der Waals surface area contributed by atoms with E-state index in [0.717, 1.165) is 9.99 Å². The molecule has 0 aliphatic rings. The number of carbonyl (C=O) groups excluding carboxylic acids is 2. The Kier molecular flexibility index (Phi) is 6.60. The van der Waals surface area contributed by atoms with E-state index in [1.54, 1.807) is 49.6 Å². The number of carbonyl (C=O) groups is 2. The zero-order valence-electron chi connectivity index (χ0n) is 13.4. The molecule has 2 aromatic carbocycles. The number of hydrogen-bond donors (Lipinski definition) is 0. The van der Waals surface area contributed by atoms with Crippen LogP contribution >= 0.6 is 22.6 Å². The predicted molar refractivity (Wildman–Crippen MR) is 97.7 cm³/mol. The zero-order valence-corrected chi connectivity index (χ0v) is 15.5. The van der Waals surface area contributed by atoms with Crippen LogP contribution in [-0.2, 0) is 4.74 Å². The first-order chi connectivity index (χ1) is 11.5. The van der Waals surface area contributed by atoms with Gasteiger partial charge >= 0.3 is 11.9 Å². The molecular weight excluding hydrogens is 423 g/mol. The molecule has 0 heterocycles. The van der Waals surface area contributed by atoms with E-state index in [1.807, 2.05) is 6.92 Å². The fourth-order valence-corrected chi connectivity index (χ4v) is 2.63. The first-order valence-corrected chi connectivity index (χ1v) is 8.46. The maximum atomic E-state index is 12.2. The summed E-state index contributed by atoms with van der Waals surface area (Å²) >= 11 is 2.09. The average molecular weight is 440 g/mol. The first kappa shape index (κ1) is 18.3. The lowest BCUT2D eigenvalue weighted by molar-refractivity contribution is 0.0505. The Morgan fingerprint density at radius 3 is 2.25 bits per heavy atom. The third-order valence-corrected chi connectivity index (χ3v) is 3.97. The second kappa shape index (κ2) is 8.68. The lowest BCUT2D eigenvalue weighted by atomic mass is 10.2. The minimum Gasteiger partial charge on any atom is -0.496 e. The van der Waals surface area contributed by atoms with Crippen molar-refractivity contribution in [1.29, 1.82) is 0 Å². The highest BCUT2D eigenvalue weighted by Gasteiger charge is 2.12. The SMILES string of the molecule is CCCOC(=O)c1ccc(OC(=O)c2ccc(OC)c(I)c2)cc1. The van der Waals surface area contributed by atoms with Gasteiger partial charge in [-0.15, -0.1) is 0 Å². The van der Waals surface area contributed by atoms with Crippen LogP contribution in [0.1, 0.15) is 34.1 Å². The third-order valence-electron chi connectivity index (χ3n) is 3.13. The monoisotopic (exact) mass is 440 g/mol. The van der Waals surface area contributed by atoms with Crippen LogP contribution in [-0.4, -0.2) is 25.7 Å². The summed E-state index contributed by atoms with van der Waals surface area (Å²) in [6.07, 6.45) is 0.766. The normalized spacial score (nSPS) is 10.1. The van der Waals surface area contributed by atoms with Crippen LogP contribution in [0.5, 0.6) is 11.5 Å². The maximum absolute atomic E-state index is 12.2. The summed E-state index contributed by atoms with van der Waals surface area (Å²) in [5.74, 6) is 0.191. The molecule has 0 N–H and O–H groups in total. The van der Waals surface area contributed by atoms with Crippen molar-refractivity contribution >= 4 is 34.5 Å². The highest BCUT2D eigenvalue weighted by molar-refractivity contribution is 14.1. The van der Waals surface area contributed by atoms with Gasteiger partial charge in [0.15, 0.2) is 0 Å². The summed E-state index contributed by atoms with van der Waals surface area (Å²) < 4.78 is 16.3. The number of rotatable bonds is 6. The van der Waals surface area contributed by atoms with Crippen LogP contribution in [0.15, 0.2) is 42.5 Å². The maximum Gasteiger partial charge on any atom is 0.343 e.